The number of nitrogens with zero attached hydrogens (tertiary/aromatic N) is 2. The van der Waals surface area contributed by atoms with Crippen molar-refractivity contribution in [1.29, 1.82) is 0 Å². The molecule has 0 saturated carbocycles. The van der Waals surface area contributed by atoms with E-state index in [1.165, 1.54) is 23.4 Å². The lowest BCUT2D eigenvalue weighted by atomic mass is 10.1. The second kappa shape index (κ2) is 10.0. The van der Waals surface area contributed by atoms with Gasteiger partial charge in [-0.25, -0.2) is 8.42 Å². The fourth-order valence-electron chi connectivity index (χ4n) is 3.33. The number of rotatable bonds is 8. The van der Waals surface area contributed by atoms with Gasteiger partial charge in [0.25, 0.3) is 5.91 Å². The maximum atomic E-state index is 13.0. The topological polar surface area (TPSA) is 93.2 Å². The highest BCUT2D eigenvalue weighted by atomic mass is 32.2. The van der Waals surface area contributed by atoms with Gasteiger partial charge in [0, 0.05) is 38.9 Å². The van der Waals surface area contributed by atoms with E-state index in [0.717, 1.165) is 0 Å². The van der Waals surface area contributed by atoms with Gasteiger partial charge >= 0.3 is 0 Å². The van der Waals surface area contributed by atoms with Gasteiger partial charge in [0.1, 0.15) is 12.4 Å². The Bertz CT molecular complexity index is 1050. The highest BCUT2D eigenvalue weighted by molar-refractivity contribution is 7.89. The number of hydrogen-bond acceptors (Lipinski definition) is 6. The zero-order valence-corrected chi connectivity index (χ0v) is 18.4. The van der Waals surface area contributed by atoms with Crippen molar-refractivity contribution in [2.75, 3.05) is 46.5 Å². The molecule has 166 valence electrons. The largest absolute Gasteiger partial charge is 0.490 e. The molecule has 31 heavy (non-hydrogen) atoms. The summed E-state index contributed by atoms with van der Waals surface area (Å²) in [4.78, 5) is 26.3. The number of para-hydroxylation sites is 1. The Balaban J connectivity index is 1.69. The number of ether oxygens (including phenoxy) is 2. The van der Waals surface area contributed by atoms with E-state index in [0.29, 0.717) is 30.1 Å². The third-order valence-electron chi connectivity index (χ3n) is 5.07. The summed E-state index contributed by atoms with van der Waals surface area (Å²) in [5.74, 6) is 0.0724. The minimum Gasteiger partial charge on any atom is -0.490 e. The van der Waals surface area contributed by atoms with Crippen LogP contribution >= 0.6 is 0 Å². The molecule has 0 bridgehead atoms. The summed E-state index contributed by atoms with van der Waals surface area (Å²) in [5.41, 5.74) is 0.782. The molecule has 0 atom stereocenters. The van der Waals surface area contributed by atoms with Crippen molar-refractivity contribution in [3.8, 4) is 5.75 Å². The van der Waals surface area contributed by atoms with Crippen molar-refractivity contribution in [3.05, 3.63) is 59.7 Å². The van der Waals surface area contributed by atoms with Gasteiger partial charge in [-0.05, 0) is 31.2 Å². The predicted octanol–water partition coefficient (Wildman–Crippen LogP) is 2.06. The van der Waals surface area contributed by atoms with Crippen molar-refractivity contribution in [2.45, 2.75) is 11.8 Å². The average Bonchev–Trinajstić information content (AvgIpc) is 2.79. The molecule has 2 aromatic rings. The molecular weight excluding hydrogens is 420 g/mol. The summed E-state index contributed by atoms with van der Waals surface area (Å²) >= 11 is 0. The number of piperazine rings is 1. The zero-order chi connectivity index (χ0) is 22.4. The van der Waals surface area contributed by atoms with E-state index in [9.17, 15) is 18.0 Å². The molecule has 3 rings (SSSR count). The number of benzene rings is 2. The Kier molecular flexibility index (Phi) is 7.42. The fraction of sp³-hybridized carbons (Fsp3) is 0.364. The van der Waals surface area contributed by atoms with Gasteiger partial charge in [-0.2, -0.15) is 4.31 Å². The molecule has 9 heteroatoms. The molecule has 2 aromatic carbocycles. The molecule has 8 nitrogen and oxygen atoms in total. The van der Waals surface area contributed by atoms with E-state index in [2.05, 4.69) is 0 Å². The van der Waals surface area contributed by atoms with Crippen LogP contribution in [0, 0.1) is 0 Å². The Morgan fingerprint density at radius 1 is 0.968 bits per heavy atom. The third-order valence-corrected chi connectivity index (χ3v) is 6.96. The van der Waals surface area contributed by atoms with E-state index >= 15 is 0 Å². The summed E-state index contributed by atoms with van der Waals surface area (Å²) in [6, 6.07) is 13.0. The molecule has 1 aliphatic heterocycles. The molecular formula is C22H26N2O6S. The van der Waals surface area contributed by atoms with Crippen LogP contribution in [0.25, 0.3) is 0 Å². The summed E-state index contributed by atoms with van der Waals surface area (Å²) in [7, 11) is -2.18. The van der Waals surface area contributed by atoms with Gasteiger partial charge in [0.15, 0.2) is 5.78 Å². The number of carbonyl (C=O) groups excluding carboxylic acids is 2. The maximum Gasteiger partial charge on any atom is 0.257 e. The van der Waals surface area contributed by atoms with Crippen LogP contribution in [0.1, 0.15) is 27.6 Å². The molecule has 0 aliphatic carbocycles. The lowest BCUT2D eigenvalue weighted by Gasteiger charge is -2.34. The Labute approximate surface area is 182 Å². The molecule has 1 aliphatic rings. The maximum absolute atomic E-state index is 13.0. The van der Waals surface area contributed by atoms with Gasteiger partial charge in [-0.3, -0.25) is 9.59 Å². The first-order valence-electron chi connectivity index (χ1n) is 9.96. The monoisotopic (exact) mass is 446 g/mol. The smallest absolute Gasteiger partial charge is 0.257 e. The second-order valence-electron chi connectivity index (χ2n) is 7.12. The fourth-order valence-corrected chi connectivity index (χ4v) is 4.80. The van der Waals surface area contributed by atoms with Crippen molar-refractivity contribution in [3.63, 3.8) is 0 Å². The molecule has 1 heterocycles. The molecule has 0 aromatic heterocycles. The van der Waals surface area contributed by atoms with Crippen LogP contribution in [-0.4, -0.2) is 75.8 Å². The highest BCUT2D eigenvalue weighted by Crippen LogP contribution is 2.23. The number of ketones is 1. The predicted molar refractivity (Wildman–Crippen MR) is 115 cm³/mol. The van der Waals surface area contributed by atoms with Gasteiger partial charge in [-0.15, -0.1) is 0 Å². The average molecular weight is 447 g/mol. The van der Waals surface area contributed by atoms with Crippen molar-refractivity contribution >= 4 is 21.7 Å². The molecule has 1 saturated heterocycles. The lowest BCUT2D eigenvalue weighted by molar-refractivity contribution is 0.0691. The van der Waals surface area contributed by atoms with E-state index in [-0.39, 0.29) is 42.8 Å². The summed E-state index contributed by atoms with van der Waals surface area (Å²) in [5, 5.41) is 0. The molecule has 0 unspecified atom stereocenters. The summed E-state index contributed by atoms with van der Waals surface area (Å²) < 4.78 is 37.9. The minimum absolute atomic E-state index is 0.0804. The van der Waals surface area contributed by atoms with Crippen LogP contribution in [0.2, 0.25) is 0 Å². The van der Waals surface area contributed by atoms with Crippen LogP contribution in [0.4, 0.5) is 0 Å². The van der Waals surface area contributed by atoms with Crippen LogP contribution in [0.15, 0.2) is 53.4 Å². The van der Waals surface area contributed by atoms with Crippen LogP contribution in [-0.2, 0) is 14.8 Å². The quantitative estimate of drug-likeness (QED) is 0.455. The van der Waals surface area contributed by atoms with Gasteiger partial charge in [0.05, 0.1) is 17.1 Å². The standard InChI is InChI=1S/C22H26N2O6S/c1-17(25)18-6-5-7-19(16-18)31(27,28)24-12-10-23(11-13-24)22(26)20-8-3-4-9-21(20)30-15-14-29-2/h3-9,16H,10-15H2,1-2H3. The highest BCUT2D eigenvalue weighted by Gasteiger charge is 2.31. The SMILES string of the molecule is COCCOc1ccccc1C(=O)N1CCN(S(=O)(=O)c2cccc(C(C)=O)c2)CC1. The van der Waals surface area contributed by atoms with Crippen LogP contribution in [0.3, 0.4) is 0 Å². The number of hydrogen-bond donors (Lipinski definition) is 0. The number of amides is 1. The first-order chi connectivity index (χ1) is 14.8. The first-order valence-corrected chi connectivity index (χ1v) is 11.4. The second-order valence-corrected chi connectivity index (χ2v) is 9.06. The third kappa shape index (κ3) is 5.30. The van der Waals surface area contributed by atoms with E-state index < -0.39 is 10.0 Å². The molecule has 0 N–H and O–H groups in total. The normalized spacial score (nSPS) is 15.0. The van der Waals surface area contributed by atoms with E-state index in [1.54, 1.807) is 48.4 Å². The lowest BCUT2D eigenvalue weighted by Crippen LogP contribution is -2.50. The molecule has 1 amide bonds. The van der Waals surface area contributed by atoms with Crippen molar-refractivity contribution in [1.82, 2.24) is 9.21 Å². The summed E-state index contributed by atoms with van der Waals surface area (Å²) in [6.45, 7) is 2.99. The van der Waals surface area contributed by atoms with Gasteiger partial charge < -0.3 is 14.4 Å². The molecule has 0 radical (unpaired) electrons. The van der Waals surface area contributed by atoms with Gasteiger partial charge in [-0.1, -0.05) is 24.3 Å². The number of sulfonamides is 1. The van der Waals surface area contributed by atoms with Crippen molar-refractivity contribution < 1.29 is 27.5 Å². The Morgan fingerprint density at radius 3 is 2.35 bits per heavy atom. The van der Waals surface area contributed by atoms with Crippen molar-refractivity contribution in [2.24, 2.45) is 0 Å². The molecule has 1 fully saturated rings. The van der Waals surface area contributed by atoms with Gasteiger partial charge in [0.2, 0.25) is 10.0 Å². The van der Waals surface area contributed by atoms with E-state index in [1.807, 2.05) is 0 Å². The van der Waals surface area contributed by atoms with Crippen LogP contribution < -0.4 is 4.74 Å². The Morgan fingerprint density at radius 2 is 1.68 bits per heavy atom. The number of methoxy groups -OCH3 is 1. The first kappa shape index (κ1) is 22.9. The van der Waals surface area contributed by atoms with E-state index in [4.69, 9.17) is 9.47 Å². The zero-order valence-electron chi connectivity index (χ0n) is 17.6. The number of Topliss-reactive ketones (excluding diaryl/α,β-unsaturated/α-hetero) is 1. The molecule has 0 spiro atoms. The minimum atomic E-state index is -3.75. The van der Waals surface area contributed by atoms with Crippen LogP contribution in [0.5, 0.6) is 5.75 Å². The summed E-state index contributed by atoms with van der Waals surface area (Å²) in [6.07, 6.45) is 0. The number of carbonyl (C=O) groups is 2. The Hall–Kier alpha value is -2.75.